The van der Waals surface area contributed by atoms with Crippen LogP contribution in [0.15, 0.2) is 42.5 Å². The third kappa shape index (κ3) is 3.71. The molecule has 3 rings (SSSR count). The summed E-state index contributed by atoms with van der Waals surface area (Å²) in [5.74, 6) is -0.538. The Morgan fingerprint density at radius 1 is 1.08 bits per heavy atom. The van der Waals surface area contributed by atoms with E-state index in [1.54, 1.807) is 17.0 Å². The van der Waals surface area contributed by atoms with Crippen LogP contribution in [0.4, 0.5) is 15.8 Å². The molecule has 0 unspecified atom stereocenters. The minimum atomic E-state index is -0.554. The largest absolute Gasteiger partial charge is 0.368 e. The maximum Gasteiger partial charge on any atom is 0.270 e. The number of nitro benzene ring substituents is 1. The van der Waals surface area contributed by atoms with Gasteiger partial charge in [0.25, 0.3) is 11.6 Å². The number of amides is 1. The molecule has 130 valence electrons. The third-order valence-electron chi connectivity index (χ3n) is 4.15. The van der Waals surface area contributed by atoms with Crippen molar-refractivity contribution in [2.75, 3.05) is 31.1 Å². The molecule has 0 radical (unpaired) electrons. The highest BCUT2D eigenvalue weighted by Gasteiger charge is 2.24. The summed E-state index contributed by atoms with van der Waals surface area (Å²) >= 11 is 6.03. The van der Waals surface area contributed by atoms with Crippen molar-refractivity contribution in [3.8, 4) is 0 Å². The lowest BCUT2D eigenvalue weighted by Crippen LogP contribution is -2.48. The molecule has 2 aromatic rings. The van der Waals surface area contributed by atoms with Crippen molar-refractivity contribution in [1.29, 1.82) is 0 Å². The molecule has 0 N–H and O–H groups in total. The second kappa shape index (κ2) is 7.06. The fourth-order valence-electron chi connectivity index (χ4n) is 2.78. The van der Waals surface area contributed by atoms with E-state index in [9.17, 15) is 19.3 Å². The van der Waals surface area contributed by atoms with Gasteiger partial charge in [0, 0.05) is 44.0 Å². The number of halogens is 2. The van der Waals surface area contributed by atoms with Gasteiger partial charge in [-0.25, -0.2) is 4.39 Å². The van der Waals surface area contributed by atoms with E-state index in [0.717, 1.165) is 5.69 Å². The Morgan fingerprint density at radius 3 is 2.28 bits per heavy atom. The molecule has 2 aromatic carbocycles. The Labute approximate surface area is 148 Å². The van der Waals surface area contributed by atoms with Gasteiger partial charge in [0.2, 0.25) is 0 Å². The molecule has 1 heterocycles. The summed E-state index contributed by atoms with van der Waals surface area (Å²) < 4.78 is 13.0. The average Bonchev–Trinajstić information content (AvgIpc) is 2.62. The zero-order valence-corrected chi connectivity index (χ0v) is 13.9. The second-order valence-electron chi connectivity index (χ2n) is 5.68. The topological polar surface area (TPSA) is 66.7 Å². The number of hydrogen-bond donors (Lipinski definition) is 0. The molecule has 0 spiro atoms. The first-order chi connectivity index (χ1) is 12.0. The Balaban J connectivity index is 1.67. The lowest BCUT2D eigenvalue weighted by molar-refractivity contribution is -0.384. The van der Waals surface area contributed by atoms with Gasteiger partial charge >= 0.3 is 0 Å². The quantitative estimate of drug-likeness (QED) is 0.619. The first kappa shape index (κ1) is 17.2. The molecule has 1 fully saturated rings. The number of carbonyl (C=O) groups is 1. The van der Waals surface area contributed by atoms with Crippen LogP contribution in [-0.4, -0.2) is 41.9 Å². The molecule has 6 nitrogen and oxygen atoms in total. The van der Waals surface area contributed by atoms with Crippen molar-refractivity contribution in [2.45, 2.75) is 0 Å². The van der Waals surface area contributed by atoms with Gasteiger partial charge in [-0.15, -0.1) is 0 Å². The number of carbonyl (C=O) groups excluding carboxylic acids is 1. The van der Waals surface area contributed by atoms with E-state index in [1.165, 1.54) is 30.3 Å². The summed E-state index contributed by atoms with van der Waals surface area (Å²) in [5, 5.41) is 10.8. The lowest BCUT2D eigenvalue weighted by atomic mass is 10.1. The molecule has 8 heteroatoms. The number of piperazine rings is 1. The van der Waals surface area contributed by atoms with Crippen LogP contribution in [0.25, 0.3) is 0 Å². The normalized spacial score (nSPS) is 14.5. The molecule has 0 bridgehead atoms. The summed E-state index contributed by atoms with van der Waals surface area (Å²) in [6.45, 7) is 2.21. The predicted molar refractivity (Wildman–Crippen MR) is 92.6 cm³/mol. The molecule has 25 heavy (non-hydrogen) atoms. The number of nitro groups is 1. The van der Waals surface area contributed by atoms with Gasteiger partial charge in [0.15, 0.2) is 0 Å². The number of benzene rings is 2. The van der Waals surface area contributed by atoms with Crippen molar-refractivity contribution in [2.24, 2.45) is 0 Å². The van der Waals surface area contributed by atoms with Gasteiger partial charge in [-0.1, -0.05) is 11.6 Å². The Hall–Kier alpha value is -2.67. The minimum absolute atomic E-state index is 0.0696. The molecule has 0 atom stereocenters. The van der Waals surface area contributed by atoms with E-state index < -0.39 is 4.92 Å². The van der Waals surface area contributed by atoms with Crippen LogP contribution in [0.5, 0.6) is 0 Å². The predicted octanol–water partition coefficient (Wildman–Crippen LogP) is 3.35. The van der Waals surface area contributed by atoms with Crippen molar-refractivity contribution >= 4 is 28.9 Å². The number of rotatable bonds is 3. The zero-order valence-electron chi connectivity index (χ0n) is 13.2. The van der Waals surface area contributed by atoms with Crippen molar-refractivity contribution in [3.63, 3.8) is 0 Å². The van der Waals surface area contributed by atoms with Crippen molar-refractivity contribution < 1.29 is 14.1 Å². The number of anilines is 1. The highest BCUT2D eigenvalue weighted by atomic mass is 35.5. The summed E-state index contributed by atoms with van der Waals surface area (Å²) in [6, 6.07) is 10.1. The van der Waals surface area contributed by atoms with Gasteiger partial charge in [-0.3, -0.25) is 14.9 Å². The van der Waals surface area contributed by atoms with Gasteiger partial charge < -0.3 is 9.80 Å². The standard InChI is InChI=1S/C17H15ClFN3O3/c18-16-11-14(22(24)25)5-6-15(16)17(23)21-9-7-20(8-10-21)13-3-1-12(19)2-4-13/h1-6,11H,7-10H2. The van der Waals surface area contributed by atoms with E-state index in [1.807, 2.05) is 0 Å². The first-order valence-corrected chi connectivity index (χ1v) is 8.07. The van der Waals surface area contributed by atoms with Gasteiger partial charge in [0.05, 0.1) is 15.5 Å². The van der Waals surface area contributed by atoms with Crippen LogP contribution in [0, 0.1) is 15.9 Å². The van der Waals surface area contributed by atoms with E-state index in [-0.39, 0.29) is 28.0 Å². The smallest absolute Gasteiger partial charge is 0.270 e. The third-order valence-corrected chi connectivity index (χ3v) is 4.47. The van der Waals surface area contributed by atoms with E-state index in [2.05, 4.69) is 4.90 Å². The van der Waals surface area contributed by atoms with Crippen molar-refractivity contribution in [3.05, 3.63) is 69.0 Å². The fraction of sp³-hybridized carbons (Fsp3) is 0.235. The van der Waals surface area contributed by atoms with Crippen LogP contribution in [0.1, 0.15) is 10.4 Å². The molecule has 1 amide bonds. The highest BCUT2D eigenvalue weighted by Crippen LogP contribution is 2.25. The molecule has 0 aromatic heterocycles. The number of nitrogens with zero attached hydrogens (tertiary/aromatic N) is 3. The SMILES string of the molecule is O=C(c1ccc([N+](=O)[O-])cc1Cl)N1CCN(c2ccc(F)cc2)CC1. The molecular weight excluding hydrogens is 349 g/mol. The molecule has 0 aliphatic carbocycles. The Morgan fingerprint density at radius 2 is 1.72 bits per heavy atom. The highest BCUT2D eigenvalue weighted by molar-refractivity contribution is 6.34. The molecule has 1 saturated heterocycles. The van der Waals surface area contributed by atoms with E-state index in [4.69, 9.17) is 11.6 Å². The summed E-state index contributed by atoms with van der Waals surface area (Å²) in [7, 11) is 0. The maximum atomic E-state index is 13.0. The van der Waals surface area contributed by atoms with Gasteiger partial charge in [-0.05, 0) is 30.3 Å². The monoisotopic (exact) mass is 363 g/mol. The molecule has 1 aliphatic rings. The van der Waals surface area contributed by atoms with E-state index in [0.29, 0.717) is 26.2 Å². The summed E-state index contributed by atoms with van der Waals surface area (Å²) in [4.78, 5) is 26.5. The Bertz CT molecular complexity index is 805. The van der Waals surface area contributed by atoms with Gasteiger partial charge in [-0.2, -0.15) is 0 Å². The van der Waals surface area contributed by atoms with E-state index >= 15 is 0 Å². The number of hydrogen-bond acceptors (Lipinski definition) is 4. The molecule has 1 aliphatic heterocycles. The molecule has 0 saturated carbocycles. The first-order valence-electron chi connectivity index (χ1n) is 7.69. The van der Waals surface area contributed by atoms with Crippen molar-refractivity contribution in [1.82, 2.24) is 4.90 Å². The van der Waals surface area contributed by atoms with Gasteiger partial charge in [0.1, 0.15) is 5.82 Å². The minimum Gasteiger partial charge on any atom is -0.368 e. The Kier molecular flexibility index (Phi) is 4.85. The molecular formula is C17H15ClFN3O3. The van der Waals surface area contributed by atoms with Crippen LogP contribution in [0.3, 0.4) is 0 Å². The van der Waals surface area contributed by atoms with Crippen LogP contribution in [-0.2, 0) is 0 Å². The summed E-state index contributed by atoms with van der Waals surface area (Å²) in [5.41, 5.74) is 1.01. The van der Waals surface area contributed by atoms with Crippen LogP contribution < -0.4 is 4.90 Å². The second-order valence-corrected chi connectivity index (χ2v) is 6.08. The maximum absolute atomic E-state index is 13.0. The fourth-order valence-corrected chi connectivity index (χ4v) is 3.04. The lowest BCUT2D eigenvalue weighted by Gasteiger charge is -2.36. The number of non-ortho nitro benzene ring substituents is 1. The van der Waals surface area contributed by atoms with Crippen LogP contribution in [0.2, 0.25) is 5.02 Å². The summed E-state index contributed by atoms with van der Waals surface area (Å²) in [6.07, 6.45) is 0. The van der Waals surface area contributed by atoms with Crippen LogP contribution >= 0.6 is 11.6 Å². The zero-order chi connectivity index (χ0) is 18.0. The average molecular weight is 364 g/mol.